The van der Waals surface area contributed by atoms with Crippen molar-refractivity contribution in [3.05, 3.63) is 47.5 Å². The Morgan fingerprint density at radius 1 is 1.19 bits per heavy atom. The van der Waals surface area contributed by atoms with Gasteiger partial charge in [-0.15, -0.1) is 10.2 Å². The van der Waals surface area contributed by atoms with E-state index in [1.807, 2.05) is 55.8 Å². The molecule has 1 aliphatic carbocycles. The Balaban J connectivity index is 1.45. The van der Waals surface area contributed by atoms with Crippen molar-refractivity contribution in [2.24, 2.45) is 0 Å². The number of nitrogens with zero attached hydrogens (tertiary/aromatic N) is 5. The molecule has 8 heteroatoms. The van der Waals surface area contributed by atoms with Crippen molar-refractivity contribution in [3.63, 3.8) is 0 Å². The number of amides is 1. The maximum Gasteiger partial charge on any atom is 0.234 e. The molecule has 2 aromatic heterocycles. The number of rotatable bonds is 6. The van der Waals surface area contributed by atoms with Gasteiger partial charge in [-0.1, -0.05) is 30.0 Å². The van der Waals surface area contributed by atoms with E-state index in [9.17, 15) is 4.79 Å². The van der Waals surface area contributed by atoms with Crippen LogP contribution in [0.5, 0.6) is 0 Å². The van der Waals surface area contributed by atoms with E-state index in [4.69, 9.17) is 0 Å². The SMILES string of the molecule is Cc1nn(-c2ccccc2)c(C)c1NC(=O)CSc1nnc(C)n1C1CC1. The van der Waals surface area contributed by atoms with Gasteiger partial charge in [0.15, 0.2) is 5.16 Å². The third kappa shape index (κ3) is 3.62. The minimum atomic E-state index is -0.0678. The van der Waals surface area contributed by atoms with Gasteiger partial charge < -0.3 is 9.88 Å². The van der Waals surface area contributed by atoms with Gasteiger partial charge in [-0.05, 0) is 45.7 Å². The molecule has 1 amide bonds. The Kier molecular flexibility index (Phi) is 4.73. The lowest BCUT2D eigenvalue weighted by Crippen LogP contribution is -2.16. The van der Waals surface area contributed by atoms with Crippen LogP contribution in [-0.2, 0) is 4.79 Å². The van der Waals surface area contributed by atoms with E-state index in [-0.39, 0.29) is 5.91 Å². The van der Waals surface area contributed by atoms with Crippen LogP contribution in [0.3, 0.4) is 0 Å². The Hall–Kier alpha value is -2.61. The first-order valence-corrected chi connectivity index (χ1v) is 9.99. The van der Waals surface area contributed by atoms with Crippen molar-refractivity contribution < 1.29 is 4.79 Å². The lowest BCUT2D eigenvalue weighted by atomic mass is 10.3. The topological polar surface area (TPSA) is 77.6 Å². The van der Waals surface area contributed by atoms with Gasteiger partial charge >= 0.3 is 0 Å². The molecule has 0 unspecified atom stereocenters. The summed E-state index contributed by atoms with van der Waals surface area (Å²) in [6.07, 6.45) is 2.32. The van der Waals surface area contributed by atoms with E-state index < -0.39 is 0 Å². The van der Waals surface area contributed by atoms with Crippen LogP contribution in [0, 0.1) is 20.8 Å². The van der Waals surface area contributed by atoms with Crippen molar-refractivity contribution in [2.75, 3.05) is 11.1 Å². The molecule has 0 saturated heterocycles. The van der Waals surface area contributed by atoms with Crippen molar-refractivity contribution >= 4 is 23.4 Å². The number of hydrogen-bond acceptors (Lipinski definition) is 5. The maximum atomic E-state index is 12.5. The van der Waals surface area contributed by atoms with Gasteiger partial charge in [-0.3, -0.25) is 4.79 Å². The molecule has 0 atom stereocenters. The van der Waals surface area contributed by atoms with Crippen molar-refractivity contribution in [1.29, 1.82) is 0 Å². The standard InChI is InChI=1S/C19H22N6OS/c1-12-18(13(2)25(23-12)16-7-5-4-6-8-16)20-17(26)11-27-19-22-21-14(3)24(19)15-9-10-15/h4-8,15H,9-11H2,1-3H3,(H,20,26). The van der Waals surface area contributed by atoms with Crippen LogP contribution in [-0.4, -0.2) is 36.2 Å². The molecule has 140 valence electrons. The molecule has 1 aromatic carbocycles. The van der Waals surface area contributed by atoms with E-state index in [0.717, 1.165) is 46.6 Å². The van der Waals surface area contributed by atoms with E-state index in [0.29, 0.717) is 11.8 Å². The number of aryl methyl sites for hydroxylation is 2. The molecule has 0 spiro atoms. The third-order valence-electron chi connectivity index (χ3n) is 4.64. The average Bonchev–Trinajstić information content (AvgIpc) is 3.38. The number of benzene rings is 1. The Bertz CT molecular complexity index is 974. The molecular formula is C19H22N6OS. The first-order valence-electron chi connectivity index (χ1n) is 9.00. The zero-order chi connectivity index (χ0) is 19.0. The summed E-state index contributed by atoms with van der Waals surface area (Å²) in [4.78, 5) is 12.5. The fraction of sp³-hybridized carbons (Fsp3) is 0.368. The van der Waals surface area contributed by atoms with Crippen LogP contribution < -0.4 is 5.32 Å². The summed E-state index contributed by atoms with van der Waals surface area (Å²) < 4.78 is 3.99. The van der Waals surface area contributed by atoms with E-state index in [1.54, 1.807) is 0 Å². The Labute approximate surface area is 162 Å². The first kappa shape index (κ1) is 17.8. The third-order valence-corrected chi connectivity index (χ3v) is 5.58. The summed E-state index contributed by atoms with van der Waals surface area (Å²) in [5.41, 5.74) is 3.45. The molecule has 0 radical (unpaired) electrons. The zero-order valence-electron chi connectivity index (χ0n) is 15.6. The summed E-state index contributed by atoms with van der Waals surface area (Å²) in [5, 5.41) is 16.8. The van der Waals surface area contributed by atoms with Gasteiger partial charge in [0.2, 0.25) is 5.91 Å². The second-order valence-electron chi connectivity index (χ2n) is 6.76. The van der Waals surface area contributed by atoms with Gasteiger partial charge in [0.05, 0.1) is 28.5 Å². The van der Waals surface area contributed by atoms with Gasteiger partial charge in [0, 0.05) is 6.04 Å². The highest BCUT2D eigenvalue weighted by Gasteiger charge is 2.28. The number of nitrogens with one attached hydrogen (secondary N) is 1. The molecule has 2 heterocycles. The van der Waals surface area contributed by atoms with Crippen LogP contribution in [0.2, 0.25) is 0 Å². The minimum Gasteiger partial charge on any atom is -0.322 e. The summed E-state index contributed by atoms with van der Waals surface area (Å²) >= 11 is 1.43. The van der Waals surface area contributed by atoms with Crippen LogP contribution in [0.4, 0.5) is 5.69 Å². The van der Waals surface area contributed by atoms with Crippen molar-refractivity contribution in [1.82, 2.24) is 24.5 Å². The molecule has 3 aromatic rings. The van der Waals surface area contributed by atoms with Crippen LogP contribution in [0.1, 0.15) is 36.1 Å². The van der Waals surface area contributed by atoms with Gasteiger partial charge in [-0.2, -0.15) is 5.10 Å². The second-order valence-corrected chi connectivity index (χ2v) is 7.70. The molecule has 1 fully saturated rings. The summed E-state index contributed by atoms with van der Waals surface area (Å²) in [6, 6.07) is 10.4. The molecule has 1 N–H and O–H groups in total. The molecule has 1 aliphatic rings. The van der Waals surface area contributed by atoms with Crippen LogP contribution in [0.25, 0.3) is 5.69 Å². The van der Waals surface area contributed by atoms with Crippen molar-refractivity contribution in [2.45, 2.75) is 44.8 Å². The summed E-state index contributed by atoms with van der Waals surface area (Å²) in [5.74, 6) is 1.14. The predicted octanol–water partition coefficient (Wildman–Crippen LogP) is 3.45. The number of carbonyl (C=O) groups is 1. The molecule has 0 aliphatic heterocycles. The number of carbonyl (C=O) groups excluding carboxylic acids is 1. The average molecular weight is 382 g/mol. The predicted molar refractivity (Wildman–Crippen MR) is 105 cm³/mol. The largest absolute Gasteiger partial charge is 0.322 e. The zero-order valence-corrected chi connectivity index (χ0v) is 16.5. The van der Waals surface area contributed by atoms with E-state index in [1.165, 1.54) is 11.8 Å². The lowest BCUT2D eigenvalue weighted by molar-refractivity contribution is -0.113. The highest BCUT2D eigenvalue weighted by molar-refractivity contribution is 7.99. The number of aromatic nitrogens is 5. The maximum absolute atomic E-state index is 12.5. The fourth-order valence-electron chi connectivity index (χ4n) is 3.15. The fourth-order valence-corrected chi connectivity index (χ4v) is 4.00. The number of hydrogen-bond donors (Lipinski definition) is 1. The first-order chi connectivity index (χ1) is 13.0. The Morgan fingerprint density at radius 3 is 2.63 bits per heavy atom. The molecule has 0 bridgehead atoms. The molecule has 27 heavy (non-hydrogen) atoms. The molecule has 1 saturated carbocycles. The molecule has 4 rings (SSSR count). The summed E-state index contributed by atoms with van der Waals surface area (Å²) in [7, 11) is 0. The number of para-hydroxylation sites is 1. The molecular weight excluding hydrogens is 360 g/mol. The second kappa shape index (κ2) is 7.19. The van der Waals surface area contributed by atoms with E-state index in [2.05, 4.69) is 25.2 Å². The monoisotopic (exact) mass is 382 g/mol. The van der Waals surface area contributed by atoms with E-state index >= 15 is 0 Å². The van der Waals surface area contributed by atoms with Crippen LogP contribution in [0.15, 0.2) is 35.5 Å². The quantitative estimate of drug-likeness (QED) is 0.661. The molecule has 7 nitrogen and oxygen atoms in total. The lowest BCUT2D eigenvalue weighted by Gasteiger charge is -2.08. The summed E-state index contributed by atoms with van der Waals surface area (Å²) in [6.45, 7) is 5.82. The highest BCUT2D eigenvalue weighted by atomic mass is 32.2. The van der Waals surface area contributed by atoms with Crippen LogP contribution >= 0.6 is 11.8 Å². The van der Waals surface area contributed by atoms with Gasteiger partial charge in [0.1, 0.15) is 5.82 Å². The number of thioether (sulfide) groups is 1. The van der Waals surface area contributed by atoms with Crippen molar-refractivity contribution in [3.8, 4) is 5.69 Å². The van der Waals surface area contributed by atoms with Gasteiger partial charge in [-0.25, -0.2) is 4.68 Å². The minimum absolute atomic E-state index is 0.0678. The van der Waals surface area contributed by atoms with Gasteiger partial charge in [0.25, 0.3) is 0 Å². The number of anilines is 1. The smallest absolute Gasteiger partial charge is 0.234 e. The highest BCUT2D eigenvalue weighted by Crippen LogP contribution is 2.38. The normalized spacial score (nSPS) is 13.7. The Morgan fingerprint density at radius 2 is 1.93 bits per heavy atom.